The highest BCUT2D eigenvalue weighted by Gasteiger charge is 2.41. The lowest BCUT2D eigenvalue weighted by Crippen LogP contribution is -2.38. The number of hydrogen-bond donors (Lipinski definition) is 2. The first kappa shape index (κ1) is 35.0. The summed E-state index contributed by atoms with van der Waals surface area (Å²) in [6.07, 6.45) is 30.3. The topological polar surface area (TPSA) is 74.6 Å². The van der Waals surface area contributed by atoms with E-state index in [9.17, 15) is 19.8 Å². The summed E-state index contributed by atoms with van der Waals surface area (Å²) in [5, 5.41) is 20.2. The predicted molar refractivity (Wildman–Crippen MR) is 161 cm³/mol. The average molecular weight is 537 g/mol. The lowest BCUT2D eigenvalue weighted by Gasteiger charge is -2.38. The quantitative estimate of drug-likeness (QED) is 0.108. The van der Waals surface area contributed by atoms with E-state index in [4.69, 9.17) is 0 Å². The van der Waals surface area contributed by atoms with Crippen molar-refractivity contribution in [2.45, 2.75) is 181 Å². The second kappa shape index (κ2) is 23.8. The van der Waals surface area contributed by atoms with Crippen LogP contribution in [0.1, 0.15) is 181 Å². The Hall–Kier alpha value is -1.06. The molecule has 1 rings (SSSR count). The van der Waals surface area contributed by atoms with Gasteiger partial charge >= 0.3 is 11.9 Å². The molecule has 0 aromatic heterocycles. The SMILES string of the molecule is CCCCCCCCCCCCC(C(=O)O)[C@@H]1CCCC[C@H]1C(CCCCCCCCCCCC)C(=O)O. The van der Waals surface area contributed by atoms with Crippen LogP contribution >= 0.6 is 0 Å². The van der Waals surface area contributed by atoms with E-state index >= 15 is 0 Å². The monoisotopic (exact) mass is 536 g/mol. The van der Waals surface area contributed by atoms with Gasteiger partial charge < -0.3 is 10.2 Å². The molecule has 224 valence electrons. The van der Waals surface area contributed by atoms with Crippen molar-refractivity contribution < 1.29 is 19.8 Å². The normalized spacial score (nSPS) is 19.3. The Morgan fingerprint density at radius 3 is 1.03 bits per heavy atom. The molecular formula is C34H64O4. The first-order valence-electron chi connectivity index (χ1n) is 17.0. The summed E-state index contributed by atoms with van der Waals surface area (Å²) < 4.78 is 0. The summed E-state index contributed by atoms with van der Waals surface area (Å²) in [7, 11) is 0. The van der Waals surface area contributed by atoms with Crippen LogP contribution in [0.3, 0.4) is 0 Å². The van der Waals surface area contributed by atoms with E-state index in [1.807, 2.05) is 0 Å². The lowest BCUT2D eigenvalue weighted by atomic mass is 9.65. The van der Waals surface area contributed by atoms with Gasteiger partial charge in [0.2, 0.25) is 0 Å². The first-order valence-corrected chi connectivity index (χ1v) is 17.0. The summed E-state index contributed by atoms with van der Waals surface area (Å²) in [6, 6.07) is 0. The van der Waals surface area contributed by atoms with Crippen LogP contribution in [-0.4, -0.2) is 22.2 Å². The molecule has 4 atom stereocenters. The molecule has 4 nitrogen and oxygen atoms in total. The van der Waals surface area contributed by atoms with Crippen molar-refractivity contribution in [1.82, 2.24) is 0 Å². The van der Waals surface area contributed by atoms with Crippen molar-refractivity contribution in [3.63, 3.8) is 0 Å². The molecule has 0 saturated heterocycles. The molecule has 4 heteroatoms. The molecule has 0 heterocycles. The Labute approximate surface area is 236 Å². The Balaban J connectivity index is 2.42. The molecule has 0 aliphatic heterocycles. The second-order valence-corrected chi connectivity index (χ2v) is 12.4. The van der Waals surface area contributed by atoms with Crippen molar-refractivity contribution in [2.24, 2.45) is 23.7 Å². The van der Waals surface area contributed by atoms with Gasteiger partial charge in [0.1, 0.15) is 0 Å². The number of carbonyl (C=O) groups is 2. The van der Waals surface area contributed by atoms with E-state index < -0.39 is 11.9 Å². The third kappa shape index (κ3) is 16.1. The van der Waals surface area contributed by atoms with Gasteiger partial charge in [0.15, 0.2) is 0 Å². The molecule has 38 heavy (non-hydrogen) atoms. The standard InChI is InChI=1S/C34H64O4/c1-3-5-7-9-11-13-15-17-19-21-27-31(33(35)36)29-25-23-24-26-30(29)32(34(37)38)28-22-20-18-16-14-12-10-8-6-4-2/h29-32H,3-28H2,1-2H3,(H,35,36)(H,37,38)/t29-,30-,31?,32?/m1/s1. The van der Waals surface area contributed by atoms with Gasteiger partial charge in [0.25, 0.3) is 0 Å². The number of aliphatic carboxylic acids is 2. The van der Waals surface area contributed by atoms with Crippen LogP contribution in [0.2, 0.25) is 0 Å². The maximum atomic E-state index is 12.3. The molecule has 2 unspecified atom stereocenters. The van der Waals surface area contributed by atoms with Gasteiger partial charge in [-0.05, 0) is 37.5 Å². The fraction of sp³-hybridized carbons (Fsp3) is 0.941. The maximum Gasteiger partial charge on any atom is 0.306 e. The fourth-order valence-corrected chi connectivity index (χ4v) is 6.93. The van der Waals surface area contributed by atoms with Gasteiger partial charge in [0, 0.05) is 0 Å². The minimum Gasteiger partial charge on any atom is -0.481 e. The first-order chi connectivity index (χ1) is 18.5. The molecule has 1 saturated carbocycles. The van der Waals surface area contributed by atoms with Crippen LogP contribution in [-0.2, 0) is 9.59 Å². The van der Waals surface area contributed by atoms with Crippen LogP contribution in [0.15, 0.2) is 0 Å². The van der Waals surface area contributed by atoms with Gasteiger partial charge in [0.05, 0.1) is 11.8 Å². The van der Waals surface area contributed by atoms with E-state index in [0.717, 1.165) is 64.2 Å². The molecule has 0 spiro atoms. The van der Waals surface area contributed by atoms with Crippen LogP contribution in [0.5, 0.6) is 0 Å². The Morgan fingerprint density at radius 2 is 0.763 bits per heavy atom. The van der Waals surface area contributed by atoms with Gasteiger partial charge in [-0.15, -0.1) is 0 Å². The Morgan fingerprint density at radius 1 is 0.500 bits per heavy atom. The van der Waals surface area contributed by atoms with Crippen LogP contribution in [0.4, 0.5) is 0 Å². The molecule has 1 aliphatic rings. The largest absolute Gasteiger partial charge is 0.481 e. The summed E-state index contributed by atoms with van der Waals surface area (Å²) >= 11 is 0. The van der Waals surface area contributed by atoms with E-state index in [-0.39, 0.29) is 23.7 Å². The third-order valence-electron chi connectivity index (χ3n) is 9.28. The van der Waals surface area contributed by atoms with Gasteiger partial charge in [-0.2, -0.15) is 0 Å². The molecule has 0 radical (unpaired) electrons. The molecular weight excluding hydrogens is 472 g/mol. The fourth-order valence-electron chi connectivity index (χ4n) is 6.93. The minimum absolute atomic E-state index is 0.0315. The maximum absolute atomic E-state index is 12.3. The zero-order valence-electron chi connectivity index (χ0n) is 25.4. The van der Waals surface area contributed by atoms with Crippen LogP contribution in [0, 0.1) is 23.7 Å². The lowest BCUT2D eigenvalue weighted by molar-refractivity contribution is -0.151. The zero-order chi connectivity index (χ0) is 27.8. The highest BCUT2D eigenvalue weighted by Crippen LogP contribution is 2.43. The number of carboxylic acids is 2. The number of hydrogen-bond acceptors (Lipinski definition) is 2. The highest BCUT2D eigenvalue weighted by atomic mass is 16.4. The molecule has 0 amide bonds. The zero-order valence-corrected chi connectivity index (χ0v) is 25.4. The number of unbranched alkanes of at least 4 members (excludes halogenated alkanes) is 18. The third-order valence-corrected chi connectivity index (χ3v) is 9.28. The molecule has 1 fully saturated rings. The summed E-state index contributed by atoms with van der Waals surface area (Å²) in [6.45, 7) is 4.50. The van der Waals surface area contributed by atoms with Crippen LogP contribution in [0.25, 0.3) is 0 Å². The van der Waals surface area contributed by atoms with Crippen molar-refractivity contribution in [1.29, 1.82) is 0 Å². The predicted octanol–water partition coefficient (Wildman–Crippen LogP) is 10.8. The van der Waals surface area contributed by atoms with Gasteiger partial charge in [-0.25, -0.2) is 0 Å². The van der Waals surface area contributed by atoms with Crippen molar-refractivity contribution in [2.75, 3.05) is 0 Å². The Bertz CT molecular complexity index is 525. The minimum atomic E-state index is -0.694. The highest BCUT2D eigenvalue weighted by molar-refractivity contribution is 5.72. The van der Waals surface area contributed by atoms with Crippen LogP contribution < -0.4 is 0 Å². The number of rotatable bonds is 26. The summed E-state index contributed by atoms with van der Waals surface area (Å²) in [4.78, 5) is 24.6. The summed E-state index contributed by atoms with van der Waals surface area (Å²) in [5.74, 6) is -2.07. The van der Waals surface area contributed by atoms with E-state index in [1.165, 1.54) is 103 Å². The number of carboxylic acid groups (broad SMARTS) is 2. The van der Waals surface area contributed by atoms with Gasteiger partial charge in [-0.3, -0.25) is 9.59 Å². The second-order valence-electron chi connectivity index (χ2n) is 12.4. The molecule has 0 aromatic rings. The van der Waals surface area contributed by atoms with Crippen molar-refractivity contribution >= 4 is 11.9 Å². The van der Waals surface area contributed by atoms with E-state index in [2.05, 4.69) is 13.8 Å². The molecule has 2 N–H and O–H groups in total. The Kier molecular flexibility index (Phi) is 21.9. The molecule has 1 aliphatic carbocycles. The molecule has 0 aromatic carbocycles. The molecule has 0 bridgehead atoms. The average Bonchev–Trinajstić information content (AvgIpc) is 2.90. The van der Waals surface area contributed by atoms with Crippen molar-refractivity contribution in [3.8, 4) is 0 Å². The van der Waals surface area contributed by atoms with Gasteiger partial charge in [-0.1, -0.05) is 155 Å². The van der Waals surface area contributed by atoms with E-state index in [0.29, 0.717) is 0 Å². The van der Waals surface area contributed by atoms with E-state index in [1.54, 1.807) is 0 Å². The summed E-state index contributed by atoms with van der Waals surface area (Å²) in [5.41, 5.74) is 0. The smallest absolute Gasteiger partial charge is 0.306 e. The van der Waals surface area contributed by atoms with Crippen molar-refractivity contribution in [3.05, 3.63) is 0 Å².